The molecule has 0 aliphatic rings. The molecule has 0 atom stereocenters. The highest BCUT2D eigenvalue weighted by atomic mass is 19.1. The molecule has 4 heteroatoms. The number of hydrogen-bond donors (Lipinski definition) is 1. The molecule has 0 bridgehead atoms. The van der Waals surface area contributed by atoms with E-state index in [1.807, 2.05) is 31.2 Å². The Bertz CT molecular complexity index is 537. The molecule has 0 spiro atoms. The van der Waals surface area contributed by atoms with Crippen molar-refractivity contribution in [2.24, 2.45) is 0 Å². The predicted octanol–water partition coefficient (Wildman–Crippen LogP) is 3.76. The minimum absolute atomic E-state index is 0.186. The quantitative estimate of drug-likeness (QED) is 0.829. The number of anilines is 1. The Balaban J connectivity index is 1.84. The molecule has 2 nitrogen and oxygen atoms in total. The zero-order valence-corrected chi connectivity index (χ0v) is 10.6. The van der Waals surface area contributed by atoms with E-state index in [4.69, 9.17) is 4.74 Å². The van der Waals surface area contributed by atoms with E-state index >= 15 is 0 Å². The van der Waals surface area contributed by atoms with Gasteiger partial charge in [-0.3, -0.25) is 0 Å². The summed E-state index contributed by atoms with van der Waals surface area (Å²) in [6, 6.07) is 11.5. The zero-order chi connectivity index (χ0) is 13.7. The molecule has 0 amide bonds. The fraction of sp³-hybridized carbons (Fsp3) is 0.200. The third-order valence-corrected chi connectivity index (χ3v) is 2.61. The van der Waals surface area contributed by atoms with Crippen LogP contribution in [0.4, 0.5) is 14.5 Å². The number of nitrogens with one attached hydrogen (secondary N) is 1. The van der Waals surface area contributed by atoms with Crippen molar-refractivity contribution < 1.29 is 13.5 Å². The average Bonchev–Trinajstić information content (AvgIpc) is 2.37. The summed E-state index contributed by atoms with van der Waals surface area (Å²) in [6.45, 7) is 2.65. The van der Waals surface area contributed by atoms with Gasteiger partial charge in [0.2, 0.25) is 0 Å². The molecule has 0 aliphatic carbocycles. The molecule has 0 fully saturated rings. The smallest absolute Gasteiger partial charge is 0.190 e. The van der Waals surface area contributed by atoms with Crippen LogP contribution in [0.5, 0.6) is 5.75 Å². The van der Waals surface area contributed by atoms with Crippen LogP contribution < -0.4 is 10.1 Å². The number of para-hydroxylation sites is 1. The highest BCUT2D eigenvalue weighted by Crippen LogP contribution is 2.20. The van der Waals surface area contributed by atoms with Gasteiger partial charge in [-0.05, 0) is 36.8 Å². The third kappa shape index (κ3) is 3.68. The number of rotatable bonds is 5. The molecule has 0 heterocycles. The van der Waals surface area contributed by atoms with Crippen molar-refractivity contribution in [1.82, 2.24) is 0 Å². The Kier molecular flexibility index (Phi) is 4.34. The molecule has 2 aromatic carbocycles. The van der Waals surface area contributed by atoms with Crippen LogP contribution in [0.15, 0.2) is 42.5 Å². The fourth-order valence-corrected chi connectivity index (χ4v) is 1.72. The van der Waals surface area contributed by atoms with Crippen LogP contribution >= 0.6 is 0 Å². The van der Waals surface area contributed by atoms with E-state index in [1.165, 1.54) is 18.2 Å². The van der Waals surface area contributed by atoms with Gasteiger partial charge in [0.15, 0.2) is 17.4 Å². The van der Waals surface area contributed by atoms with E-state index in [1.54, 1.807) is 0 Å². The van der Waals surface area contributed by atoms with Gasteiger partial charge in [0, 0.05) is 12.2 Å². The molecule has 0 saturated heterocycles. The predicted molar refractivity (Wildman–Crippen MR) is 71.5 cm³/mol. The summed E-state index contributed by atoms with van der Waals surface area (Å²) >= 11 is 0. The first-order valence-corrected chi connectivity index (χ1v) is 6.04. The number of aryl methyl sites for hydroxylation is 1. The molecule has 0 aromatic heterocycles. The Morgan fingerprint density at radius 3 is 2.42 bits per heavy atom. The molecular weight excluding hydrogens is 248 g/mol. The topological polar surface area (TPSA) is 21.3 Å². The van der Waals surface area contributed by atoms with E-state index in [9.17, 15) is 8.78 Å². The van der Waals surface area contributed by atoms with Crippen LogP contribution in [0.3, 0.4) is 0 Å². The summed E-state index contributed by atoms with van der Waals surface area (Å²) in [5.41, 5.74) is 2.10. The Hall–Kier alpha value is -2.10. The van der Waals surface area contributed by atoms with Crippen molar-refractivity contribution in [2.75, 3.05) is 18.5 Å². The molecule has 0 aliphatic heterocycles. The van der Waals surface area contributed by atoms with E-state index in [0.29, 0.717) is 6.54 Å². The molecule has 0 radical (unpaired) electrons. The standard InChI is InChI=1S/C15H15F2NO/c1-11-4-2-5-12(10-11)18-8-9-19-15-13(16)6-3-7-14(15)17/h2-7,10,18H,8-9H2,1H3. The van der Waals surface area contributed by atoms with Crippen molar-refractivity contribution in [3.05, 3.63) is 59.7 Å². The second-order valence-electron chi connectivity index (χ2n) is 4.20. The van der Waals surface area contributed by atoms with Crippen molar-refractivity contribution in [3.63, 3.8) is 0 Å². The maximum atomic E-state index is 13.3. The highest BCUT2D eigenvalue weighted by Gasteiger charge is 2.08. The maximum Gasteiger partial charge on any atom is 0.190 e. The molecule has 19 heavy (non-hydrogen) atoms. The lowest BCUT2D eigenvalue weighted by molar-refractivity contribution is 0.297. The Morgan fingerprint density at radius 2 is 1.74 bits per heavy atom. The van der Waals surface area contributed by atoms with Gasteiger partial charge in [-0.1, -0.05) is 18.2 Å². The lowest BCUT2D eigenvalue weighted by atomic mass is 10.2. The highest BCUT2D eigenvalue weighted by molar-refractivity contribution is 5.45. The lowest BCUT2D eigenvalue weighted by Crippen LogP contribution is -2.12. The Morgan fingerprint density at radius 1 is 1.05 bits per heavy atom. The molecule has 2 aromatic rings. The third-order valence-electron chi connectivity index (χ3n) is 2.61. The SMILES string of the molecule is Cc1cccc(NCCOc2c(F)cccc2F)c1. The first kappa shape index (κ1) is 13.3. The van der Waals surface area contributed by atoms with Gasteiger partial charge in [0.05, 0.1) is 0 Å². The minimum Gasteiger partial charge on any atom is -0.486 e. The van der Waals surface area contributed by atoms with Crippen molar-refractivity contribution in [3.8, 4) is 5.75 Å². The largest absolute Gasteiger partial charge is 0.486 e. The van der Waals surface area contributed by atoms with Gasteiger partial charge in [-0.2, -0.15) is 0 Å². The van der Waals surface area contributed by atoms with Crippen molar-refractivity contribution >= 4 is 5.69 Å². The zero-order valence-electron chi connectivity index (χ0n) is 10.6. The maximum absolute atomic E-state index is 13.3. The van der Waals surface area contributed by atoms with Crippen LogP contribution in [0.25, 0.3) is 0 Å². The second-order valence-corrected chi connectivity index (χ2v) is 4.20. The van der Waals surface area contributed by atoms with E-state index < -0.39 is 11.6 Å². The molecular formula is C15H15F2NO. The summed E-state index contributed by atoms with van der Waals surface area (Å²) in [4.78, 5) is 0. The van der Waals surface area contributed by atoms with Crippen LogP contribution in [0.2, 0.25) is 0 Å². The van der Waals surface area contributed by atoms with Crippen molar-refractivity contribution in [1.29, 1.82) is 0 Å². The van der Waals surface area contributed by atoms with Crippen LogP contribution in [-0.4, -0.2) is 13.2 Å². The van der Waals surface area contributed by atoms with E-state index in [-0.39, 0.29) is 12.4 Å². The van der Waals surface area contributed by atoms with Gasteiger partial charge in [-0.15, -0.1) is 0 Å². The van der Waals surface area contributed by atoms with Gasteiger partial charge >= 0.3 is 0 Å². The summed E-state index contributed by atoms with van der Waals surface area (Å²) in [6.07, 6.45) is 0. The van der Waals surface area contributed by atoms with Gasteiger partial charge in [0.25, 0.3) is 0 Å². The van der Waals surface area contributed by atoms with Crippen LogP contribution in [-0.2, 0) is 0 Å². The molecule has 1 N–H and O–H groups in total. The first-order valence-electron chi connectivity index (χ1n) is 6.04. The minimum atomic E-state index is -0.685. The summed E-state index contributed by atoms with van der Waals surface area (Å²) in [5, 5.41) is 3.12. The number of ether oxygens (including phenoxy) is 1. The second kappa shape index (κ2) is 6.18. The van der Waals surface area contributed by atoms with Crippen LogP contribution in [0, 0.1) is 18.6 Å². The van der Waals surface area contributed by atoms with Gasteiger partial charge < -0.3 is 10.1 Å². The summed E-state index contributed by atoms with van der Waals surface area (Å²) in [5.74, 6) is -1.69. The van der Waals surface area contributed by atoms with Crippen molar-refractivity contribution in [2.45, 2.75) is 6.92 Å². The normalized spacial score (nSPS) is 10.3. The molecule has 0 saturated carbocycles. The first-order chi connectivity index (χ1) is 9.16. The monoisotopic (exact) mass is 263 g/mol. The van der Waals surface area contributed by atoms with Gasteiger partial charge in [-0.25, -0.2) is 8.78 Å². The van der Waals surface area contributed by atoms with Crippen LogP contribution in [0.1, 0.15) is 5.56 Å². The van der Waals surface area contributed by atoms with Gasteiger partial charge in [0.1, 0.15) is 6.61 Å². The summed E-state index contributed by atoms with van der Waals surface area (Å²) < 4.78 is 31.6. The summed E-state index contributed by atoms with van der Waals surface area (Å²) in [7, 11) is 0. The molecule has 100 valence electrons. The number of halogens is 2. The molecule has 0 unspecified atom stereocenters. The molecule has 2 rings (SSSR count). The fourth-order valence-electron chi connectivity index (χ4n) is 1.72. The number of benzene rings is 2. The average molecular weight is 263 g/mol. The van der Waals surface area contributed by atoms with E-state index in [2.05, 4.69) is 5.32 Å². The number of hydrogen-bond acceptors (Lipinski definition) is 2. The lowest BCUT2D eigenvalue weighted by Gasteiger charge is -2.10. The van der Waals surface area contributed by atoms with E-state index in [0.717, 1.165) is 11.3 Å². The Labute approximate surface area is 111 Å².